The first kappa shape index (κ1) is 14.0. The molecule has 1 aromatic carbocycles. The zero-order chi connectivity index (χ0) is 13.7. The molecular formula is C12H12BrN3O2S. The van der Waals surface area contributed by atoms with Crippen LogP contribution >= 0.6 is 27.5 Å². The molecule has 1 amide bonds. The Morgan fingerprint density at radius 3 is 3.00 bits per heavy atom. The quantitative estimate of drug-likeness (QED) is 0.907. The number of hydrogen-bond acceptors (Lipinski definition) is 5. The summed E-state index contributed by atoms with van der Waals surface area (Å²) in [5.41, 5.74) is 0.332. The van der Waals surface area contributed by atoms with Crippen molar-refractivity contribution < 1.29 is 9.53 Å². The third kappa shape index (κ3) is 4.00. The summed E-state index contributed by atoms with van der Waals surface area (Å²) in [5, 5.41) is 8.06. The van der Waals surface area contributed by atoms with E-state index in [1.807, 2.05) is 31.2 Å². The maximum Gasteiger partial charge on any atom is 0.272 e. The number of hydrogen-bond donors (Lipinski definition) is 1. The van der Waals surface area contributed by atoms with Gasteiger partial charge in [0.25, 0.3) is 5.91 Å². The van der Waals surface area contributed by atoms with E-state index in [0.717, 1.165) is 21.8 Å². The third-order valence-electron chi connectivity index (χ3n) is 2.31. The smallest absolute Gasteiger partial charge is 0.272 e. The summed E-state index contributed by atoms with van der Waals surface area (Å²) in [6, 6.07) is 7.58. The fourth-order valence-corrected chi connectivity index (χ4v) is 2.20. The number of nitrogens with zero attached hydrogens (tertiary/aromatic N) is 2. The number of amides is 1. The molecule has 0 aliphatic carbocycles. The van der Waals surface area contributed by atoms with Gasteiger partial charge in [-0.15, -0.1) is 5.10 Å². The second-order valence-corrected chi connectivity index (χ2v) is 5.32. The van der Waals surface area contributed by atoms with Crippen molar-refractivity contribution in [2.45, 2.75) is 13.0 Å². The minimum Gasteiger partial charge on any atom is -0.488 e. The molecule has 2 rings (SSSR count). The predicted octanol–water partition coefficient (Wildman–Crippen LogP) is 2.50. The third-order valence-corrected chi connectivity index (χ3v) is 3.47. The van der Waals surface area contributed by atoms with Crippen molar-refractivity contribution in [1.82, 2.24) is 14.9 Å². The van der Waals surface area contributed by atoms with Gasteiger partial charge < -0.3 is 10.1 Å². The first-order chi connectivity index (χ1) is 9.16. The number of para-hydroxylation sites is 1. The summed E-state index contributed by atoms with van der Waals surface area (Å²) in [4.78, 5) is 11.7. The van der Waals surface area contributed by atoms with E-state index < -0.39 is 0 Å². The normalized spacial score (nSPS) is 11.9. The number of ether oxygens (including phenoxy) is 1. The molecule has 0 saturated carbocycles. The highest BCUT2D eigenvalue weighted by Crippen LogP contribution is 2.24. The van der Waals surface area contributed by atoms with Crippen molar-refractivity contribution in [2.24, 2.45) is 0 Å². The van der Waals surface area contributed by atoms with Gasteiger partial charge in [0.2, 0.25) is 0 Å². The van der Waals surface area contributed by atoms with Crippen molar-refractivity contribution in [3.63, 3.8) is 0 Å². The molecule has 0 unspecified atom stereocenters. The van der Waals surface area contributed by atoms with Gasteiger partial charge in [-0.25, -0.2) is 0 Å². The maximum atomic E-state index is 11.7. The predicted molar refractivity (Wildman–Crippen MR) is 76.5 cm³/mol. The van der Waals surface area contributed by atoms with Gasteiger partial charge in [-0.2, -0.15) is 0 Å². The number of halogens is 1. The zero-order valence-electron chi connectivity index (χ0n) is 10.2. The van der Waals surface area contributed by atoms with E-state index in [0.29, 0.717) is 12.2 Å². The molecule has 0 spiro atoms. The Bertz CT molecular complexity index is 548. The molecule has 1 atom stereocenters. The molecule has 1 aromatic heterocycles. The van der Waals surface area contributed by atoms with Crippen LogP contribution in [-0.4, -0.2) is 28.1 Å². The Kier molecular flexibility index (Phi) is 4.86. The van der Waals surface area contributed by atoms with E-state index in [-0.39, 0.29) is 12.0 Å². The van der Waals surface area contributed by atoms with Crippen molar-refractivity contribution in [3.05, 3.63) is 39.8 Å². The number of benzene rings is 1. The number of rotatable bonds is 5. The van der Waals surface area contributed by atoms with Gasteiger partial charge in [-0.1, -0.05) is 16.6 Å². The Balaban J connectivity index is 1.84. The van der Waals surface area contributed by atoms with Gasteiger partial charge in [-0.05, 0) is 46.5 Å². The van der Waals surface area contributed by atoms with E-state index >= 15 is 0 Å². The monoisotopic (exact) mass is 341 g/mol. The zero-order valence-corrected chi connectivity index (χ0v) is 12.6. The van der Waals surface area contributed by atoms with E-state index in [9.17, 15) is 4.79 Å². The van der Waals surface area contributed by atoms with Gasteiger partial charge in [0.05, 0.1) is 11.0 Å². The Hall–Kier alpha value is -1.47. The van der Waals surface area contributed by atoms with Gasteiger partial charge >= 0.3 is 0 Å². The van der Waals surface area contributed by atoms with E-state index in [4.69, 9.17) is 4.74 Å². The fourth-order valence-electron chi connectivity index (χ4n) is 1.39. The second-order valence-electron chi connectivity index (χ2n) is 3.86. The molecule has 0 aliphatic heterocycles. The van der Waals surface area contributed by atoms with Gasteiger partial charge in [0.1, 0.15) is 11.9 Å². The first-order valence-corrected chi connectivity index (χ1v) is 7.26. The minimum atomic E-state index is -0.240. The van der Waals surface area contributed by atoms with Gasteiger partial charge in [0.15, 0.2) is 5.69 Å². The Labute approximate surface area is 123 Å². The average Bonchev–Trinajstić information content (AvgIpc) is 2.93. The first-order valence-electron chi connectivity index (χ1n) is 5.63. The van der Waals surface area contributed by atoms with Crippen LogP contribution < -0.4 is 10.1 Å². The van der Waals surface area contributed by atoms with Crippen molar-refractivity contribution >= 4 is 33.4 Å². The lowest BCUT2D eigenvalue weighted by Crippen LogP contribution is -2.33. The summed E-state index contributed by atoms with van der Waals surface area (Å²) in [7, 11) is 0. The topological polar surface area (TPSA) is 64.1 Å². The van der Waals surface area contributed by atoms with Gasteiger partial charge in [0, 0.05) is 5.38 Å². The van der Waals surface area contributed by atoms with Crippen LogP contribution in [0.15, 0.2) is 34.1 Å². The highest BCUT2D eigenvalue weighted by atomic mass is 79.9. The highest BCUT2D eigenvalue weighted by Gasteiger charge is 2.11. The van der Waals surface area contributed by atoms with E-state index in [2.05, 4.69) is 30.8 Å². The fraction of sp³-hybridized carbons (Fsp3) is 0.250. The molecule has 0 fully saturated rings. The molecule has 100 valence electrons. The van der Waals surface area contributed by atoms with Crippen LogP contribution in [0, 0.1) is 0 Å². The lowest BCUT2D eigenvalue weighted by atomic mass is 10.3. The molecule has 1 heterocycles. The molecule has 7 heteroatoms. The molecule has 0 bridgehead atoms. The highest BCUT2D eigenvalue weighted by molar-refractivity contribution is 9.10. The van der Waals surface area contributed by atoms with E-state index in [1.54, 1.807) is 5.38 Å². The van der Waals surface area contributed by atoms with Crippen LogP contribution in [0.4, 0.5) is 0 Å². The van der Waals surface area contributed by atoms with Crippen molar-refractivity contribution in [3.8, 4) is 5.75 Å². The SMILES string of the molecule is C[C@H](CNC(=O)c1csnn1)Oc1ccccc1Br. The molecule has 0 aliphatic rings. The molecular weight excluding hydrogens is 330 g/mol. The largest absolute Gasteiger partial charge is 0.488 e. The standard InChI is InChI=1S/C12H12BrN3O2S/c1-8(18-11-5-3-2-4-9(11)13)6-14-12(17)10-7-19-16-15-10/h2-5,7-8H,6H2,1H3,(H,14,17)/t8-/m1/s1. The van der Waals surface area contributed by atoms with Crippen molar-refractivity contribution in [2.75, 3.05) is 6.54 Å². The van der Waals surface area contributed by atoms with Crippen LogP contribution in [0.5, 0.6) is 5.75 Å². The maximum absolute atomic E-state index is 11.7. The minimum absolute atomic E-state index is 0.144. The Morgan fingerprint density at radius 2 is 2.32 bits per heavy atom. The van der Waals surface area contributed by atoms with Crippen LogP contribution in [0.25, 0.3) is 0 Å². The lowest BCUT2D eigenvalue weighted by Gasteiger charge is -2.16. The summed E-state index contributed by atoms with van der Waals surface area (Å²) in [6.45, 7) is 2.29. The number of carbonyl (C=O) groups excluding carboxylic acids is 1. The second kappa shape index (κ2) is 6.63. The summed E-state index contributed by atoms with van der Waals surface area (Å²) < 4.78 is 10.2. The number of nitrogens with one attached hydrogen (secondary N) is 1. The van der Waals surface area contributed by atoms with Crippen LogP contribution in [0.1, 0.15) is 17.4 Å². The van der Waals surface area contributed by atoms with E-state index in [1.165, 1.54) is 0 Å². The molecule has 1 N–H and O–H groups in total. The van der Waals surface area contributed by atoms with Crippen molar-refractivity contribution in [1.29, 1.82) is 0 Å². The lowest BCUT2D eigenvalue weighted by molar-refractivity contribution is 0.0927. The molecule has 0 saturated heterocycles. The summed E-state index contributed by atoms with van der Waals surface area (Å²) >= 11 is 4.55. The Morgan fingerprint density at radius 1 is 1.53 bits per heavy atom. The number of carbonyl (C=O) groups is 1. The van der Waals surface area contributed by atoms with Gasteiger partial charge in [-0.3, -0.25) is 4.79 Å². The average molecular weight is 342 g/mol. The summed E-state index contributed by atoms with van der Waals surface area (Å²) in [6.07, 6.45) is -0.144. The number of aromatic nitrogens is 2. The molecule has 19 heavy (non-hydrogen) atoms. The summed E-state index contributed by atoms with van der Waals surface area (Å²) in [5.74, 6) is 0.510. The van der Waals surface area contributed by atoms with Crippen LogP contribution in [-0.2, 0) is 0 Å². The van der Waals surface area contributed by atoms with Crippen LogP contribution in [0.3, 0.4) is 0 Å². The molecule has 2 aromatic rings. The molecule has 0 radical (unpaired) electrons. The molecule has 5 nitrogen and oxygen atoms in total. The van der Waals surface area contributed by atoms with Crippen LogP contribution in [0.2, 0.25) is 0 Å².